The zero-order valence-electron chi connectivity index (χ0n) is 19.6. The number of allylic oxidation sites excluding steroid dienone is 2. The summed E-state index contributed by atoms with van der Waals surface area (Å²) < 4.78 is 7.35. The van der Waals surface area contributed by atoms with Gasteiger partial charge in [0.15, 0.2) is 5.78 Å². The summed E-state index contributed by atoms with van der Waals surface area (Å²) in [6.45, 7) is 6.71. The molecule has 1 aliphatic heterocycles. The number of Topliss-reactive ketones (excluding diaryl/α,β-unsaturated/α-hetero) is 1. The van der Waals surface area contributed by atoms with Crippen molar-refractivity contribution in [2.45, 2.75) is 39.7 Å². The Morgan fingerprint density at radius 1 is 1.15 bits per heavy atom. The number of carbonyl (C=O) groups is 2. The van der Waals surface area contributed by atoms with Crippen LogP contribution in [0.2, 0.25) is 0 Å². The zero-order valence-corrected chi connectivity index (χ0v) is 19.6. The largest absolute Gasteiger partial charge is 0.494 e. The fourth-order valence-corrected chi connectivity index (χ4v) is 4.82. The summed E-state index contributed by atoms with van der Waals surface area (Å²) in [5.74, 6) is 1.22. The van der Waals surface area contributed by atoms with Crippen molar-refractivity contribution >= 4 is 23.2 Å². The van der Waals surface area contributed by atoms with Crippen LogP contribution in [0.3, 0.4) is 0 Å². The summed E-state index contributed by atoms with van der Waals surface area (Å²) in [7, 11) is 0. The van der Waals surface area contributed by atoms with Gasteiger partial charge in [0.1, 0.15) is 23.2 Å². The van der Waals surface area contributed by atoms with E-state index in [0.29, 0.717) is 42.1 Å². The second kappa shape index (κ2) is 8.48. The van der Waals surface area contributed by atoms with Gasteiger partial charge in [-0.25, -0.2) is 4.68 Å². The number of hydrogen-bond acceptors (Lipinski definition) is 5. The van der Waals surface area contributed by atoms with E-state index in [0.717, 1.165) is 17.0 Å². The highest BCUT2D eigenvalue weighted by atomic mass is 16.5. The molecule has 1 aromatic heterocycles. The first kappa shape index (κ1) is 21.9. The maximum absolute atomic E-state index is 13.3. The molecule has 2 aliphatic rings. The maximum Gasteiger partial charge on any atom is 0.261 e. The molecule has 0 saturated carbocycles. The number of rotatable bonds is 5. The molecule has 7 nitrogen and oxygen atoms in total. The van der Waals surface area contributed by atoms with Crippen LogP contribution in [0.15, 0.2) is 72.1 Å². The molecule has 7 heteroatoms. The lowest BCUT2D eigenvalue weighted by atomic mass is 9.73. The first-order chi connectivity index (χ1) is 16.4. The number of para-hydroxylation sites is 1. The van der Waals surface area contributed by atoms with E-state index >= 15 is 0 Å². The number of aromatic nitrogens is 2. The molecule has 1 atom stereocenters. The number of hydrogen-bond donors (Lipinski definition) is 2. The van der Waals surface area contributed by atoms with Gasteiger partial charge in [-0.05, 0) is 48.6 Å². The third-order valence-electron chi connectivity index (χ3n) is 6.29. The maximum atomic E-state index is 13.3. The van der Waals surface area contributed by atoms with Crippen LogP contribution in [0, 0.1) is 5.41 Å². The van der Waals surface area contributed by atoms with E-state index < -0.39 is 6.04 Å². The minimum absolute atomic E-state index is 0.106. The molecule has 0 saturated heterocycles. The monoisotopic (exact) mass is 456 g/mol. The summed E-state index contributed by atoms with van der Waals surface area (Å²) in [4.78, 5) is 26.5. The minimum atomic E-state index is -0.413. The SMILES string of the molecule is CCOc1ccc([C@H]2C3=C(CC(C)(C)CC3=O)Nc3c(C(=O)Nc4ccccc4)cnn32)cc1. The Morgan fingerprint density at radius 2 is 1.88 bits per heavy atom. The Labute approximate surface area is 198 Å². The lowest BCUT2D eigenvalue weighted by molar-refractivity contribution is -0.118. The number of benzene rings is 2. The van der Waals surface area contributed by atoms with Gasteiger partial charge in [-0.2, -0.15) is 5.10 Å². The topological polar surface area (TPSA) is 85.2 Å². The quantitative estimate of drug-likeness (QED) is 0.552. The predicted molar refractivity (Wildman–Crippen MR) is 131 cm³/mol. The summed E-state index contributed by atoms with van der Waals surface area (Å²) in [5.41, 5.74) is 3.48. The highest BCUT2D eigenvalue weighted by Crippen LogP contribution is 2.46. The Balaban J connectivity index is 1.58. The molecule has 34 heavy (non-hydrogen) atoms. The summed E-state index contributed by atoms with van der Waals surface area (Å²) in [6, 6.07) is 16.7. The van der Waals surface area contributed by atoms with Crippen molar-refractivity contribution in [3.05, 3.63) is 83.2 Å². The molecule has 2 aromatic carbocycles. The van der Waals surface area contributed by atoms with E-state index in [9.17, 15) is 9.59 Å². The molecule has 1 amide bonds. The summed E-state index contributed by atoms with van der Waals surface area (Å²) in [5, 5.41) is 10.9. The Hall–Kier alpha value is -3.87. The minimum Gasteiger partial charge on any atom is -0.494 e. The van der Waals surface area contributed by atoms with Gasteiger partial charge < -0.3 is 15.4 Å². The third kappa shape index (κ3) is 3.98. The molecule has 3 aromatic rings. The lowest BCUT2D eigenvalue weighted by Gasteiger charge is -2.39. The third-order valence-corrected chi connectivity index (χ3v) is 6.29. The van der Waals surface area contributed by atoms with Gasteiger partial charge in [-0.1, -0.05) is 44.2 Å². The van der Waals surface area contributed by atoms with Crippen molar-refractivity contribution < 1.29 is 14.3 Å². The van der Waals surface area contributed by atoms with E-state index in [1.165, 1.54) is 0 Å². The number of ether oxygens (including phenoxy) is 1. The van der Waals surface area contributed by atoms with Gasteiger partial charge in [-0.15, -0.1) is 0 Å². The average Bonchev–Trinajstić information content (AvgIpc) is 3.22. The Kier molecular flexibility index (Phi) is 5.48. The number of amides is 1. The highest BCUT2D eigenvalue weighted by molar-refractivity contribution is 6.08. The van der Waals surface area contributed by atoms with Gasteiger partial charge in [0, 0.05) is 23.4 Å². The molecular formula is C27H28N4O3. The number of ketones is 1. The zero-order chi connectivity index (χ0) is 23.9. The number of nitrogens with zero attached hydrogens (tertiary/aromatic N) is 2. The second-order valence-corrected chi connectivity index (χ2v) is 9.53. The smallest absolute Gasteiger partial charge is 0.261 e. The second-order valence-electron chi connectivity index (χ2n) is 9.53. The van der Waals surface area contributed by atoms with Crippen molar-refractivity contribution in [1.82, 2.24) is 9.78 Å². The van der Waals surface area contributed by atoms with E-state index in [1.807, 2.05) is 61.5 Å². The molecule has 2 N–H and O–H groups in total. The molecule has 1 aliphatic carbocycles. The molecule has 0 spiro atoms. The molecule has 0 bridgehead atoms. The highest BCUT2D eigenvalue weighted by Gasteiger charge is 2.42. The van der Waals surface area contributed by atoms with Crippen molar-refractivity contribution in [3.63, 3.8) is 0 Å². The van der Waals surface area contributed by atoms with Crippen LogP contribution in [0.1, 0.15) is 55.6 Å². The van der Waals surface area contributed by atoms with E-state index in [-0.39, 0.29) is 17.1 Å². The molecule has 2 heterocycles. The fourth-order valence-electron chi connectivity index (χ4n) is 4.82. The van der Waals surface area contributed by atoms with Crippen LogP contribution in [-0.2, 0) is 4.79 Å². The molecule has 0 unspecified atom stereocenters. The van der Waals surface area contributed by atoms with Gasteiger partial charge in [0.25, 0.3) is 5.91 Å². The molecule has 0 radical (unpaired) electrons. The van der Waals surface area contributed by atoms with E-state index in [4.69, 9.17) is 4.74 Å². The van der Waals surface area contributed by atoms with Crippen molar-refractivity contribution in [3.8, 4) is 5.75 Å². The Bertz CT molecular complexity index is 1270. The fraction of sp³-hybridized carbons (Fsp3) is 0.296. The van der Waals surface area contributed by atoms with Crippen LogP contribution >= 0.6 is 0 Å². The number of nitrogens with one attached hydrogen (secondary N) is 2. The van der Waals surface area contributed by atoms with E-state index in [2.05, 4.69) is 29.6 Å². The Morgan fingerprint density at radius 3 is 2.59 bits per heavy atom. The van der Waals surface area contributed by atoms with Gasteiger partial charge in [0.05, 0.1) is 12.8 Å². The first-order valence-electron chi connectivity index (χ1n) is 11.6. The number of fused-ring (bicyclic) bond motifs is 1. The average molecular weight is 457 g/mol. The number of anilines is 2. The summed E-state index contributed by atoms with van der Waals surface area (Å²) >= 11 is 0. The molecule has 174 valence electrons. The standard InChI is InChI=1S/C27H28N4O3/c1-4-34-19-12-10-17(11-13-19)24-23-21(14-27(2,3)15-22(23)32)30-25-20(16-28-31(24)25)26(33)29-18-8-6-5-7-9-18/h5-13,16,24,30H,4,14-15H2,1-3H3,(H,29,33)/t24-/m0/s1. The predicted octanol–water partition coefficient (Wildman–Crippen LogP) is 5.19. The van der Waals surface area contributed by atoms with Gasteiger partial charge in [-0.3, -0.25) is 9.59 Å². The normalized spacial score (nSPS) is 18.6. The number of carbonyl (C=O) groups excluding carboxylic acids is 2. The van der Waals surface area contributed by atoms with Crippen LogP contribution in [0.4, 0.5) is 11.5 Å². The van der Waals surface area contributed by atoms with Crippen LogP contribution in [0.5, 0.6) is 5.75 Å². The molecule has 5 rings (SSSR count). The van der Waals surface area contributed by atoms with Gasteiger partial charge >= 0.3 is 0 Å². The van der Waals surface area contributed by atoms with Gasteiger partial charge in [0.2, 0.25) is 0 Å². The van der Waals surface area contributed by atoms with E-state index in [1.54, 1.807) is 10.9 Å². The first-order valence-corrected chi connectivity index (χ1v) is 11.6. The lowest BCUT2D eigenvalue weighted by Crippen LogP contribution is -2.37. The summed E-state index contributed by atoms with van der Waals surface area (Å²) in [6.07, 6.45) is 2.75. The van der Waals surface area contributed by atoms with Crippen LogP contribution < -0.4 is 15.4 Å². The van der Waals surface area contributed by atoms with Crippen LogP contribution in [0.25, 0.3) is 0 Å². The van der Waals surface area contributed by atoms with Crippen molar-refractivity contribution in [2.75, 3.05) is 17.2 Å². The molecular weight excluding hydrogens is 428 g/mol. The van der Waals surface area contributed by atoms with Crippen molar-refractivity contribution in [1.29, 1.82) is 0 Å². The molecule has 0 fully saturated rings. The van der Waals surface area contributed by atoms with Crippen molar-refractivity contribution in [2.24, 2.45) is 5.41 Å². The van der Waals surface area contributed by atoms with Crippen LogP contribution in [-0.4, -0.2) is 28.1 Å².